The van der Waals surface area contributed by atoms with Crippen molar-refractivity contribution < 1.29 is 9.90 Å². The Morgan fingerprint density at radius 3 is 2.35 bits per heavy atom. The molecule has 2 nitrogen and oxygen atoms in total. The van der Waals surface area contributed by atoms with Crippen molar-refractivity contribution >= 4 is 17.7 Å². The first-order chi connectivity index (χ1) is 8.20. The Morgan fingerprint density at radius 2 is 1.94 bits per heavy atom. The third kappa shape index (κ3) is 2.08. The van der Waals surface area contributed by atoms with Crippen molar-refractivity contribution in [3.8, 4) is 0 Å². The molecule has 1 aliphatic heterocycles. The zero-order valence-corrected chi connectivity index (χ0v) is 10.5. The maximum Gasteiger partial charge on any atom is 0.304 e. The summed E-state index contributed by atoms with van der Waals surface area (Å²) < 4.78 is 0. The van der Waals surface area contributed by atoms with Gasteiger partial charge in [0.25, 0.3) is 0 Å². The van der Waals surface area contributed by atoms with E-state index < -0.39 is 5.97 Å². The van der Waals surface area contributed by atoms with Crippen LogP contribution in [0, 0.1) is 0 Å². The largest absolute Gasteiger partial charge is 0.481 e. The number of aliphatic carboxylic acids is 1. The van der Waals surface area contributed by atoms with E-state index in [0.717, 1.165) is 18.8 Å². The molecule has 17 heavy (non-hydrogen) atoms. The van der Waals surface area contributed by atoms with Gasteiger partial charge in [0, 0.05) is 22.8 Å². The predicted octanol–water partition coefficient (Wildman–Crippen LogP) is 3.02. The number of benzene rings is 1. The number of carboxylic acids is 1. The van der Waals surface area contributed by atoms with Crippen molar-refractivity contribution in [3.05, 3.63) is 35.4 Å². The molecule has 0 amide bonds. The number of rotatable bonds is 4. The van der Waals surface area contributed by atoms with Gasteiger partial charge in [0.2, 0.25) is 0 Å². The third-order valence-electron chi connectivity index (χ3n) is 3.98. The summed E-state index contributed by atoms with van der Waals surface area (Å²) in [7, 11) is 0. The molecule has 2 fully saturated rings. The minimum atomic E-state index is -0.679. The van der Waals surface area contributed by atoms with Gasteiger partial charge in [-0.05, 0) is 24.0 Å². The lowest BCUT2D eigenvalue weighted by Gasteiger charge is -2.25. The molecule has 0 spiro atoms. The predicted molar refractivity (Wildman–Crippen MR) is 69.7 cm³/mol. The number of carbonyl (C=O) groups is 1. The van der Waals surface area contributed by atoms with E-state index in [9.17, 15) is 4.79 Å². The van der Waals surface area contributed by atoms with Gasteiger partial charge >= 0.3 is 5.97 Å². The van der Waals surface area contributed by atoms with E-state index in [1.165, 1.54) is 22.6 Å². The Kier molecular flexibility index (Phi) is 2.66. The topological polar surface area (TPSA) is 37.3 Å². The molecular formula is C14H16O2S. The van der Waals surface area contributed by atoms with Gasteiger partial charge in [-0.1, -0.05) is 24.3 Å². The van der Waals surface area contributed by atoms with E-state index in [0.29, 0.717) is 0 Å². The fourth-order valence-electron chi connectivity index (χ4n) is 2.54. The molecule has 1 heterocycles. The van der Waals surface area contributed by atoms with Crippen LogP contribution >= 0.6 is 11.8 Å². The second-order valence-electron chi connectivity index (χ2n) is 5.21. The van der Waals surface area contributed by atoms with E-state index in [1.807, 2.05) is 11.8 Å². The van der Waals surface area contributed by atoms with Crippen LogP contribution in [-0.2, 0) is 10.2 Å². The van der Waals surface area contributed by atoms with Crippen molar-refractivity contribution in [1.29, 1.82) is 0 Å². The first kappa shape index (κ1) is 11.1. The maximum atomic E-state index is 10.9. The highest BCUT2D eigenvalue weighted by atomic mass is 32.2. The summed E-state index contributed by atoms with van der Waals surface area (Å²) in [4.78, 5) is 10.9. The van der Waals surface area contributed by atoms with Crippen molar-refractivity contribution in [2.45, 2.75) is 30.6 Å². The highest BCUT2D eigenvalue weighted by Gasteiger charge is 2.45. The number of hydrogen-bond acceptors (Lipinski definition) is 2. The van der Waals surface area contributed by atoms with Gasteiger partial charge in [0.1, 0.15) is 0 Å². The van der Waals surface area contributed by atoms with Crippen LogP contribution in [0.15, 0.2) is 24.3 Å². The standard InChI is InChI=1S/C14H16O2S/c15-13(16)7-14(5-6-14)12-3-1-10(2-4-12)11-8-17-9-11/h1-4,11H,5-9H2,(H,15,16). The van der Waals surface area contributed by atoms with Crippen molar-refractivity contribution in [2.75, 3.05) is 11.5 Å². The average Bonchev–Trinajstić information content (AvgIpc) is 2.96. The first-order valence-corrected chi connectivity index (χ1v) is 7.25. The molecule has 0 atom stereocenters. The minimum absolute atomic E-state index is 0.0429. The van der Waals surface area contributed by atoms with Crippen LogP contribution in [-0.4, -0.2) is 22.6 Å². The Balaban J connectivity index is 1.77. The third-order valence-corrected chi connectivity index (χ3v) is 5.25. The highest BCUT2D eigenvalue weighted by Crippen LogP contribution is 2.51. The van der Waals surface area contributed by atoms with Crippen LogP contribution in [0.1, 0.15) is 36.3 Å². The molecule has 2 aliphatic rings. The van der Waals surface area contributed by atoms with Gasteiger partial charge < -0.3 is 5.11 Å². The van der Waals surface area contributed by atoms with Crippen LogP contribution < -0.4 is 0 Å². The molecule has 1 saturated heterocycles. The molecule has 1 N–H and O–H groups in total. The quantitative estimate of drug-likeness (QED) is 0.890. The lowest BCUT2D eigenvalue weighted by atomic mass is 9.90. The zero-order valence-electron chi connectivity index (χ0n) is 9.69. The van der Waals surface area contributed by atoms with E-state index >= 15 is 0 Å². The molecule has 1 aromatic rings. The summed E-state index contributed by atoms with van der Waals surface area (Å²) in [6, 6.07) is 8.69. The van der Waals surface area contributed by atoms with Crippen LogP contribution in [0.4, 0.5) is 0 Å². The van der Waals surface area contributed by atoms with Gasteiger partial charge in [-0.15, -0.1) is 0 Å². The normalized spacial score (nSPS) is 21.9. The lowest BCUT2D eigenvalue weighted by Crippen LogP contribution is -2.16. The van der Waals surface area contributed by atoms with E-state index in [-0.39, 0.29) is 11.8 Å². The fourth-order valence-corrected chi connectivity index (χ4v) is 3.40. The molecule has 0 bridgehead atoms. The Bertz CT molecular complexity index is 430. The summed E-state index contributed by atoms with van der Waals surface area (Å²) in [5.41, 5.74) is 2.59. The smallest absolute Gasteiger partial charge is 0.304 e. The van der Waals surface area contributed by atoms with Crippen LogP contribution in [0.3, 0.4) is 0 Å². The second-order valence-corrected chi connectivity index (χ2v) is 6.28. The summed E-state index contributed by atoms with van der Waals surface area (Å²) in [5.74, 6) is 2.52. The minimum Gasteiger partial charge on any atom is -0.481 e. The van der Waals surface area contributed by atoms with Crippen LogP contribution in [0.25, 0.3) is 0 Å². The molecule has 90 valence electrons. The Hall–Kier alpha value is -0.960. The highest BCUT2D eigenvalue weighted by molar-refractivity contribution is 8.00. The zero-order chi connectivity index (χ0) is 11.9. The lowest BCUT2D eigenvalue weighted by molar-refractivity contribution is -0.137. The number of carboxylic acid groups (broad SMARTS) is 1. The molecule has 1 aliphatic carbocycles. The summed E-state index contributed by atoms with van der Waals surface area (Å²) in [6.45, 7) is 0. The first-order valence-electron chi connectivity index (χ1n) is 6.10. The monoisotopic (exact) mass is 248 g/mol. The number of thioether (sulfide) groups is 1. The van der Waals surface area contributed by atoms with Crippen LogP contribution in [0.2, 0.25) is 0 Å². The average molecular weight is 248 g/mol. The Morgan fingerprint density at radius 1 is 1.29 bits per heavy atom. The molecule has 3 heteroatoms. The fraction of sp³-hybridized carbons (Fsp3) is 0.500. The van der Waals surface area contributed by atoms with E-state index in [4.69, 9.17) is 5.11 Å². The summed E-state index contributed by atoms with van der Waals surface area (Å²) >= 11 is 1.99. The van der Waals surface area contributed by atoms with Gasteiger partial charge in [-0.25, -0.2) is 0 Å². The maximum absolute atomic E-state index is 10.9. The molecule has 3 rings (SSSR count). The summed E-state index contributed by atoms with van der Waals surface area (Å²) in [6.07, 6.45) is 2.33. The van der Waals surface area contributed by atoms with Crippen molar-refractivity contribution in [3.63, 3.8) is 0 Å². The molecule has 1 aromatic carbocycles. The van der Waals surface area contributed by atoms with Gasteiger partial charge in [0.15, 0.2) is 0 Å². The van der Waals surface area contributed by atoms with E-state index in [1.54, 1.807) is 0 Å². The van der Waals surface area contributed by atoms with Crippen LogP contribution in [0.5, 0.6) is 0 Å². The van der Waals surface area contributed by atoms with Crippen molar-refractivity contribution in [2.24, 2.45) is 0 Å². The Labute approximate surface area is 105 Å². The molecule has 0 unspecified atom stereocenters. The number of hydrogen-bond donors (Lipinski definition) is 1. The van der Waals surface area contributed by atoms with Crippen molar-refractivity contribution in [1.82, 2.24) is 0 Å². The molecule has 0 radical (unpaired) electrons. The second kappa shape index (κ2) is 4.05. The molecule has 0 aromatic heterocycles. The molecule has 1 saturated carbocycles. The van der Waals surface area contributed by atoms with Gasteiger partial charge in [-0.3, -0.25) is 4.79 Å². The SMILES string of the molecule is O=C(O)CC1(c2ccc(C3CSC3)cc2)CC1. The van der Waals surface area contributed by atoms with Gasteiger partial charge in [0.05, 0.1) is 6.42 Å². The summed E-state index contributed by atoms with van der Waals surface area (Å²) in [5, 5.41) is 8.94. The van der Waals surface area contributed by atoms with E-state index in [2.05, 4.69) is 24.3 Å². The molecular weight excluding hydrogens is 232 g/mol. The van der Waals surface area contributed by atoms with Gasteiger partial charge in [-0.2, -0.15) is 11.8 Å².